The van der Waals surface area contributed by atoms with E-state index in [1.165, 1.54) is 0 Å². The summed E-state index contributed by atoms with van der Waals surface area (Å²) in [6.45, 7) is 3.49. The van der Waals surface area contributed by atoms with Crippen LogP contribution in [0.5, 0.6) is 0 Å². The summed E-state index contributed by atoms with van der Waals surface area (Å²) in [5.41, 5.74) is 0.00634. The fourth-order valence-corrected chi connectivity index (χ4v) is 1.20. The Morgan fingerprint density at radius 2 is 2.14 bits per heavy atom. The summed E-state index contributed by atoms with van der Waals surface area (Å²) in [5.74, 6) is -1.12. The fraction of sp³-hybridized carbons (Fsp3) is 0.273. The van der Waals surface area contributed by atoms with Gasteiger partial charge in [0.2, 0.25) is 0 Å². The largest absolute Gasteiger partial charge is 0.388 e. The first-order valence-corrected chi connectivity index (χ1v) is 4.39. The standard InChI is InChI=1S/C11H12F2O/c1-2-3-4-11(14)9-7-8(12)5-6-10(9)13/h2,5-7,11,14H,1,3-4H2/t11-/m0/s1. The van der Waals surface area contributed by atoms with Gasteiger partial charge >= 0.3 is 0 Å². The molecule has 1 aromatic rings. The minimum Gasteiger partial charge on any atom is -0.388 e. The van der Waals surface area contributed by atoms with Gasteiger partial charge in [0, 0.05) is 5.56 Å². The molecule has 0 spiro atoms. The molecule has 1 N–H and O–H groups in total. The van der Waals surface area contributed by atoms with Crippen LogP contribution < -0.4 is 0 Å². The van der Waals surface area contributed by atoms with Gasteiger partial charge < -0.3 is 5.11 Å². The third-order valence-electron chi connectivity index (χ3n) is 1.96. The van der Waals surface area contributed by atoms with E-state index in [-0.39, 0.29) is 5.56 Å². The molecule has 1 atom stereocenters. The predicted molar refractivity (Wildman–Crippen MR) is 50.7 cm³/mol. The summed E-state index contributed by atoms with van der Waals surface area (Å²) in [6, 6.07) is 3.06. The summed E-state index contributed by atoms with van der Waals surface area (Å²) in [6.07, 6.45) is 1.57. The number of aliphatic hydroxyl groups excluding tert-OH is 1. The molecule has 1 nitrogen and oxygen atoms in total. The van der Waals surface area contributed by atoms with Crippen LogP contribution in [0.3, 0.4) is 0 Å². The molecule has 1 rings (SSSR count). The molecule has 0 saturated carbocycles. The van der Waals surface area contributed by atoms with E-state index in [1.54, 1.807) is 6.08 Å². The molecule has 0 amide bonds. The zero-order valence-electron chi connectivity index (χ0n) is 7.71. The second-order valence-corrected chi connectivity index (χ2v) is 3.05. The van der Waals surface area contributed by atoms with Crippen molar-refractivity contribution in [1.29, 1.82) is 0 Å². The zero-order chi connectivity index (χ0) is 10.6. The lowest BCUT2D eigenvalue weighted by molar-refractivity contribution is 0.163. The molecule has 3 heteroatoms. The van der Waals surface area contributed by atoms with Gasteiger partial charge in [-0.15, -0.1) is 6.58 Å². The first-order chi connectivity index (χ1) is 6.65. The maximum absolute atomic E-state index is 13.1. The number of hydrogen-bond acceptors (Lipinski definition) is 1. The van der Waals surface area contributed by atoms with E-state index in [9.17, 15) is 13.9 Å². The second kappa shape index (κ2) is 4.86. The average molecular weight is 198 g/mol. The molecule has 14 heavy (non-hydrogen) atoms. The minimum absolute atomic E-state index is 0.00634. The van der Waals surface area contributed by atoms with Crippen LogP contribution in [0, 0.1) is 11.6 Å². The second-order valence-electron chi connectivity index (χ2n) is 3.05. The van der Waals surface area contributed by atoms with Crippen molar-refractivity contribution >= 4 is 0 Å². The number of aliphatic hydroxyl groups is 1. The van der Waals surface area contributed by atoms with Crippen LogP contribution in [-0.2, 0) is 0 Å². The molecule has 0 unspecified atom stereocenters. The smallest absolute Gasteiger partial charge is 0.129 e. The van der Waals surface area contributed by atoms with E-state index in [2.05, 4.69) is 6.58 Å². The molecular formula is C11H12F2O. The normalized spacial score (nSPS) is 12.5. The molecule has 0 aliphatic rings. The monoisotopic (exact) mass is 198 g/mol. The van der Waals surface area contributed by atoms with Gasteiger partial charge in [0.05, 0.1) is 6.10 Å². The topological polar surface area (TPSA) is 20.2 Å². The molecular weight excluding hydrogens is 186 g/mol. The number of halogens is 2. The number of hydrogen-bond donors (Lipinski definition) is 1. The van der Waals surface area contributed by atoms with E-state index in [0.717, 1.165) is 18.2 Å². The number of rotatable bonds is 4. The average Bonchev–Trinajstić information content (AvgIpc) is 2.18. The molecule has 76 valence electrons. The van der Waals surface area contributed by atoms with Gasteiger partial charge in [-0.3, -0.25) is 0 Å². The predicted octanol–water partition coefficient (Wildman–Crippen LogP) is 2.96. The van der Waals surface area contributed by atoms with Crippen LogP contribution in [-0.4, -0.2) is 5.11 Å². The number of allylic oxidation sites excluding steroid dienone is 1. The van der Waals surface area contributed by atoms with Gasteiger partial charge in [-0.25, -0.2) is 8.78 Å². The SMILES string of the molecule is C=CCC[C@H](O)c1cc(F)ccc1F. The van der Waals surface area contributed by atoms with Crippen molar-refractivity contribution in [2.24, 2.45) is 0 Å². The zero-order valence-corrected chi connectivity index (χ0v) is 7.71. The molecule has 0 saturated heterocycles. The van der Waals surface area contributed by atoms with Crippen LogP contribution in [0.25, 0.3) is 0 Å². The van der Waals surface area contributed by atoms with E-state index in [1.807, 2.05) is 0 Å². The van der Waals surface area contributed by atoms with Gasteiger partial charge in [0.15, 0.2) is 0 Å². The highest BCUT2D eigenvalue weighted by Gasteiger charge is 2.12. The Balaban J connectivity index is 2.82. The highest BCUT2D eigenvalue weighted by molar-refractivity contribution is 5.21. The van der Waals surface area contributed by atoms with E-state index >= 15 is 0 Å². The highest BCUT2D eigenvalue weighted by Crippen LogP contribution is 2.22. The Morgan fingerprint density at radius 1 is 1.43 bits per heavy atom. The first kappa shape index (κ1) is 10.9. The maximum Gasteiger partial charge on any atom is 0.129 e. The van der Waals surface area contributed by atoms with Gasteiger partial charge in [-0.2, -0.15) is 0 Å². The van der Waals surface area contributed by atoms with Crippen LogP contribution in [0.1, 0.15) is 24.5 Å². The van der Waals surface area contributed by atoms with Crippen molar-refractivity contribution in [3.05, 3.63) is 48.1 Å². The quantitative estimate of drug-likeness (QED) is 0.737. The molecule has 0 radical (unpaired) electrons. The van der Waals surface area contributed by atoms with Crippen molar-refractivity contribution in [1.82, 2.24) is 0 Å². The first-order valence-electron chi connectivity index (χ1n) is 4.39. The third-order valence-corrected chi connectivity index (χ3v) is 1.96. The van der Waals surface area contributed by atoms with Gasteiger partial charge in [-0.1, -0.05) is 6.08 Å². The summed E-state index contributed by atoms with van der Waals surface area (Å²) < 4.78 is 25.8. The summed E-state index contributed by atoms with van der Waals surface area (Å²) in [4.78, 5) is 0. The third kappa shape index (κ3) is 2.64. The lowest BCUT2D eigenvalue weighted by Crippen LogP contribution is -2.00. The van der Waals surface area contributed by atoms with Crippen LogP contribution >= 0.6 is 0 Å². The van der Waals surface area contributed by atoms with E-state index in [4.69, 9.17) is 0 Å². The van der Waals surface area contributed by atoms with Crippen LogP contribution in [0.2, 0.25) is 0 Å². The van der Waals surface area contributed by atoms with E-state index < -0.39 is 17.7 Å². The lowest BCUT2D eigenvalue weighted by Gasteiger charge is -2.10. The van der Waals surface area contributed by atoms with E-state index in [0.29, 0.717) is 12.8 Å². The number of benzene rings is 1. The Labute approximate surface area is 81.7 Å². The molecule has 0 bridgehead atoms. The minimum atomic E-state index is -0.969. The fourth-order valence-electron chi connectivity index (χ4n) is 1.20. The molecule has 0 fully saturated rings. The van der Waals surface area contributed by atoms with Crippen molar-refractivity contribution in [2.45, 2.75) is 18.9 Å². The van der Waals surface area contributed by atoms with Gasteiger partial charge in [0.25, 0.3) is 0 Å². The highest BCUT2D eigenvalue weighted by atomic mass is 19.1. The molecule has 0 heterocycles. The van der Waals surface area contributed by atoms with Crippen LogP contribution in [0.4, 0.5) is 8.78 Å². The molecule has 0 aliphatic heterocycles. The lowest BCUT2D eigenvalue weighted by atomic mass is 10.0. The van der Waals surface area contributed by atoms with Crippen LogP contribution in [0.15, 0.2) is 30.9 Å². The van der Waals surface area contributed by atoms with Crippen molar-refractivity contribution in [2.75, 3.05) is 0 Å². The Bertz CT molecular complexity index is 323. The van der Waals surface area contributed by atoms with Crippen molar-refractivity contribution in [3.8, 4) is 0 Å². The summed E-state index contributed by atoms with van der Waals surface area (Å²) >= 11 is 0. The molecule has 0 aliphatic carbocycles. The molecule has 1 aromatic carbocycles. The Kier molecular flexibility index (Phi) is 3.77. The Morgan fingerprint density at radius 3 is 2.79 bits per heavy atom. The molecule has 0 aromatic heterocycles. The maximum atomic E-state index is 13.1. The summed E-state index contributed by atoms with van der Waals surface area (Å²) in [5, 5.41) is 9.50. The Hall–Kier alpha value is -1.22. The van der Waals surface area contributed by atoms with Gasteiger partial charge in [-0.05, 0) is 31.0 Å². The van der Waals surface area contributed by atoms with Gasteiger partial charge in [0.1, 0.15) is 11.6 Å². The summed E-state index contributed by atoms with van der Waals surface area (Å²) in [7, 11) is 0. The van der Waals surface area contributed by atoms with Crippen molar-refractivity contribution in [3.63, 3.8) is 0 Å². The van der Waals surface area contributed by atoms with Crippen molar-refractivity contribution < 1.29 is 13.9 Å².